The highest BCUT2D eigenvalue weighted by molar-refractivity contribution is 7.99. The van der Waals surface area contributed by atoms with Crippen molar-refractivity contribution in [3.8, 4) is 0 Å². The van der Waals surface area contributed by atoms with E-state index in [1.807, 2.05) is 0 Å². The van der Waals surface area contributed by atoms with Gasteiger partial charge < -0.3 is 10.1 Å². The van der Waals surface area contributed by atoms with Gasteiger partial charge in [-0.15, -0.1) is 11.8 Å². The molecule has 0 aliphatic heterocycles. The van der Waals surface area contributed by atoms with E-state index in [1.54, 1.807) is 25.1 Å². The van der Waals surface area contributed by atoms with Crippen LogP contribution in [-0.2, 0) is 14.3 Å². The molecule has 4 nitrogen and oxygen atoms in total. The third kappa shape index (κ3) is 6.06. The Morgan fingerprint density at radius 3 is 2.75 bits per heavy atom. The molecule has 1 amide bonds. The summed E-state index contributed by atoms with van der Waals surface area (Å²) in [6.45, 7) is 1.73. The Morgan fingerprint density at radius 2 is 2.10 bits per heavy atom. The molecule has 110 valence electrons. The molecule has 1 aromatic carbocycles. The second kappa shape index (κ2) is 8.58. The van der Waals surface area contributed by atoms with Crippen LogP contribution in [0.5, 0.6) is 0 Å². The molecule has 0 spiro atoms. The number of thioether (sulfide) groups is 1. The molecule has 0 saturated carbocycles. The van der Waals surface area contributed by atoms with Crippen LogP contribution in [0.1, 0.15) is 19.8 Å². The predicted molar refractivity (Wildman–Crippen MR) is 76.0 cm³/mol. The summed E-state index contributed by atoms with van der Waals surface area (Å²) in [5.74, 6) is -0.321. The summed E-state index contributed by atoms with van der Waals surface area (Å²) in [6.07, 6.45) is 0.410. The first-order valence-corrected chi connectivity index (χ1v) is 7.25. The molecule has 0 aliphatic rings. The van der Waals surface area contributed by atoms with E-state index >= 15 is 0 Å². The van der Waals surface area contributed by atoms with Crippen molar-refractivity contribution in [1.82, 2.24) is 5.32 Å². The van der Waals surface area contributed by atoms with Crippen LogP contribution in [0.3, 0.4) is 0 Å². The summed E-state index contributed by atoms with van der Waals surface area (Å²) in [5.41, 5.74) is 0. The molecule has 0 bridgehead atoms. The topological polar surface area (TPSA) is 55.4 Å². The average Bonchev–Trinajstić information content (AvgIpc) is 2.40. The van der Waals surface area contributed by atoms with Gasteiger partial charge in [-0.2, -0.15) is 0 Å². The number of hydrogen-bond acceptors (Lipinski definition) is 4. The molecule has 1 unspecified atom stereocenters. The highest BCUT2D eigenvalue weighted by atomic mass is 32.2. The highest BCUT2D eigenvalue weighted by Crippen LogP contribution is 2.21. The van der Waals surface area contributed by atoms with Crippen molar-refractivity contribution in [2.24, 2.45) is 0 Å². The molecule has 1 N–H and O–H groups in total. The van der Waals surface area contributed by atoms with Crippen LogP contribution in [0, 0.1) is 5.82 Å². The molecule has 20 heavy (non-hydrogen) atoms. The summed E-state index contributed by atoms with van der Waals surface area (Å²) in [6, 6.07) is 6.18. The Kier molecular flexibility index (Phi) is 7.08. The first-order valence-electron chi connectivity index (χ1n) is 6.26. The Labute approximate surface area is 122 Å². The first-order chi connectivity index (χ1) is 9.52. The van der Waals surface area contributed by atoms with Crippen LogP contribution in [0.2, 0.25) is 0 Å². The van der Waals surface area contributed by atoms with Crippen molar-refractivity contribution < 1.29 is 18.7 Å². The molecule has 0 saturated heterocycles. The predicted octanol–water partition coefficient (Wildman–Crippen LogP) is 2.38. The third-order valence-electron chi connectivity index (χ3n) is 2.53. The zero-order valence-corrected chi connectivity index (χ0v) is 12.3. The van der Waals surface area contributed by atoms with Crippen molar-refractivity contribution in [2.75, 3.05) is 12.9 Å². The molecular weight excluding hydrogens is 281 g/mol. The molecule has 0 fully saturated rings. The number of carbonyl (C=O) groups is 2. The number of halogens is 1. The number of benzene rings is 1. The second-order valence-electron chi connectivity index (χ2n) is 4.28. The van der Waals surface area contributed by atoms with Gasteiger partial charge in [-0.3, -0.25) is 9.59 Å². The third-order valence-corrected chi connectivity index (χ3v) is 3.58. The van der Waals surface area contributed by atoms with Crippen LogP contribution in [0.15, 0.2) is 29.2 Å². The van der Waals surface area contributed by atoms with Gasteiger partial charge in [0.2, 0.25) is 5.91 Å². The number of amides is 1. The average molecular weight is 299 g/mol. The second-order valence-corrected chi connectivity index (χ2v) is 5.41. The van der Waals surface area contributed by atoms with E-state index in [0.29, 0.717) is 10.6 Å². The zero-order chi connectivity index (χ0) is 15.0. The van der Waals surface area contributed by atoms with Gasteiger partial charge in [-0.1, -0.05) is 12.1 Å². The number of ether oxygens (including phenoxy) is 1. The van der Waals surface area contributed by atoms with Gasteiger partial charge in [-0.05, 0) is 19.1 Å². The maximum absolute atomic E-state index is 13.3. The van der Waals surface area contributed by atoms with Crippen molar-refractivity contribution in [3.05, 3.63) is 30.1 Å². The summed E-state index contributed by atoms with van der Waals surface area (Å²) in [7, 11) is 1.31. The number of methoxy groups -OCH3 is 1. The highest BCUT2D eigenvalue weighted by Gasteiger charge is 2.12. The number of nitrogens with one attached hydrogen (secondary N) is 1. The van der Waals surface area contributed by atoms with E-state index in [2.05, 4.69) is 10.1 Å². The summed E-state index contributed by atoms with van der Waals surface area (Å²) < 4.78 is 17.9. The Hall–Kier alpha value is -1.56. The molecule has 0 aliphatic carbocycles. The van der Waals surface area contributed by atoms with Crippen molar-refractivity contribution in [2.45, 2.75) is 30.7 Å². The van der Waals surface area contributed by atoms with E-state index in [4.69, 9.17) is 0 Å². The van der Waals surface area contributed by atoms with E-state index in [0.717, 1.165) is 0 Å². The molecular formula is C14H18FNO3S. The Balaban J connectivity index is 2.27. The van der Waals surface area contributed by atoms with Crippen LogP contribution in [0.4, 0.5) is 4.39 Å². The maximum Gasteiger partial charge on any atom is 0.307 e. The van der Waals surface area contributed by atoms with Crippen LogP contribution in [0.25, 0.3) is 0 Å². The van der Waals surface area contributed by atoms with Gasteiger partial charge in [0.05, 0.1) is 13.5 Å². The lowest BCUT2D eigenvalue weighted by atomic mass is 10.2. The van der Waals surface area contributed by atoms with Gasteiger partial charge in [0, 0.05) is 23.1 Å². The number of esters is 1. The van der Waals surface area contributed by atoms with Gasteiger partial charge in [0.1, 0.15) is 5.82 Å². The minimum atomic E-state index is -0.362. The number of hydrogen-bond donors (Lipinski definition) is 1. The van der Waals surface area contributed by atoms with E-state index in [-0.39, 0.29) is 36.6 Å². The number of carbonyl (C=O) groups excluding carboxylic acids is 2. The molecule has 1 rings (SSSR count). The minimum absolute atomic E-state index is 0.142. The van der Waals surface area contributed by atoms with Gasteiger partial charge in [-0.25, -0.2) is 4.39 Å². The number of rotatable bonds is 7. The molecule has 0 radical (unpaired) electrons. The summed E-state index contributed by atoms with van der Waals surface area (Å²) >= 11 is 1.29. The fourth-order valence-electron chi connectivity index (χ4n) is 1.55. The first kappa shape index (κ1) is 16.5. The largest absolute Gasteiger partial charge is 0.469 e. The van der Waals surface area contributed by atoms with Gasteiger partial charge >= 0.3 is 5.97 Å². The van der Waals surface area contributed by atoms with Crippen molar-refractivity contribution >= 4 is 23.6 Å². The van der Waals surface area contributed by atoms with E-state index < -0.39 is 0 Å². The van der Waals surface area contributed by atoms with Crippen LogP contribution < -0.4 is 5.32 Å². The van der Waals surface area contributed by atoms with Gasteiger partial charge in [0.25, 0.3) is 0 Å². The van der Waals surface area contributed by atoms with Crippen molar-refractivity contribution in [3.63, 3.8) is 0 Å². The lowest BCUT2D eigenvalue weighted by molar-refractivity contribution is -0.141. The SMILES string of the molecule is COC(=O)CC(C)NC(=O)CCSc1ccccc1F. The Bertz CT molecular complexity index is 467. The standard InChI is InChI=1S/C14H18FNO3S/c1-10(9-14(18)19-2)16-13(17)7-8-20-12-6-4-3-5-11(12)15/h3-6,10H,7-9H2,1-2H3,(H,16,17). The molecule has 6 heteroatoms. The van der Waals surface area contributed by atoms with E-state index in [9.17, 15) is 14.0 Å². The maximum atomic E-state index is 13.3. The molecule has 0 heterocycles. The fourth-order valence-corrected chi connectivity index (χ4v) is 2.43. The molecule has 0 aromatic heterocycles. The quantitative estimate of drug-likeness (QED) is 0.620. The summed E-state index contributed by atoms with van der Waals surface area (Å²) in [5, 5.41) is 2.70. The lowest BCUT2D eigenvalue weighted by Crippen LogP contribution is -2.34. The Morgan fingerprint density at radius 1 is 1.40 bits per heavy atom. The fraction of sp³-hybridized carbons (Fsp3) is 0.429. The normalized spacial score (nSPS) is 11.8. The molecule has 1 aromatic rings. The minimum Gasteiger partial charge on any atom is -0.469 e. The summed E-state index contributed by atoms with van der Waals surface area (Å²) in [4.78, 5) is 23.2. The lowest BCUT2D eigenvalue weighted by Gasteiger charge is -2.12. The smallest absolute Gasteiger partial charge is 0.307 e. The van der Waals surface area contributed by atoms with Crippen molar-refractivity contribution in [1.29, 1.82) is 0 Å². The van der Waals surface area contributed by atoms with E-state index in [1.165, 1.54) is 24.9 Å². The van der Waals surface area contributed by atoms with Crippen LogP contribution in [-0.4, -0.2) is 30.8 Å². The molecule has 1 atom stereocenters. The van der Waals surface area contributed by atoms with Crippen LogP contribution >= 0.6 is 11.8 Å². The zero-order valence-electron chi connectivity index (χ0n) is 11.5. The van der Waals surface area contributed by atoms with Gasteiger partial charge in [0.15, 0.2) is 0 Å². The monoisotopic (exact) mass is 299 g/mol.